The standard InChI is InChI=1S/C17H13FN2O2/c18-12-5-7-13(8-6-12)20-10-11(9-16(20)21)17-19-14-3-1-2-4-15(14)22-17/h1-8,11H,9-10H2/t11-/m0/s1. The Hall–Kier alpha value is -2.69. The third kappa shape index (κ3) is 2.15. The molecule has 1 amide bonds. The van der Waals surface area contributed by atoms with E-state index in [1.165, 1.54) is 12.1 Å². The van der Waals surface area contributed by atoms with Gasteiger partial charge in [-0.1, -0.05) is 12.1 Å². The molecule has 1 aliphatic heterocycles. The lowest BCUT2D eigenvalue weighted by Crippen LogP contribution is -2.24. The van der Waals surface area contributed by atoms with Crippen LogP contribution in [-0.2, 0) is 4.79 Å². The van der Waals surface area contributed by atoms with E-state index in [1.54, 1.807) is 17.0 Å². The number of hydrogen-bond acceptors (Lipinski definition) is 3. The second-order valence-electron chi connectivity index (χ2n) is 5.40. The number of anilines is 1. The zero-order valence-corrected chi connectivity index (χ0v) is 11.7. The van der Waals surface area contributed by atoms with E-state index in [-0.39, 0.29) is 17.6 Å². The Morgan fingerprint density at radius 2 is 1.91 bits per heavy atom. The summed E-state index contributed by atoms with van der Waals surface area (Å²) in [5.74, 6) is 0.189. The maximum absolute atomic E-state index is 13.0. The Bertz CT molecular complexity index is 808. The molecule has 5 heteroatoms. The van der Waals surface area contributed by atoms with Gasteiger partial charge < -0.3 is 9.32 Å². The lowest BCUT2D eigenvalue weighted by molar-refractivity contribution is -0.117. The number of carbonyl (C=O) groups excluding carboxylic acids is 1. The second kappa shape index (κ2) is 4.94. The van der Waals surface area contributed by atoms with Gasteiger partial charge in [-0.25, -0.2) is 9.37 Å². The van der Waals surface area contributed by atoms with Crippen LogP contribution in [0.5, 0.6) is 0 Å². The van der Waals surface area contributed by atoms with Crippen LogP contribution in [0.4, 0.5) is 10.1 Å². The van der Waals surface area contributed by atoms with E-state index >= 15 is 0 Å². The SMILES string of the molecule is O=C1C[C@H](c2nc3ccccc3o2)CN1c1ccc(F)cc1. The molecule has 0 aliphatic carbocycles. The quantitative estimate of drug-likeness (QED) is 0.727. The monoisotopic (exact) mass is 296 g/mol. The number of amides is 1. The fourth-order valence-electron chi connectivity index (χ4n) is 2.81. The van der Waals surface area contributed by atoms with E-state index in [2.05, 4.69) is 4.98 Å². The molecular weight excluding hydrogens is 283 g/mol. The summed E-state index contributed by atoms with van der Waals surface area (Å²) in [7, 11) is 0. The van der Waals surface area contributed by atoms with Crippen LogP contribution < -0.4 is 4.90 Å². The van der Waals surface area contributed by atoms with Gasteiger partial charge >= 0.3 is 0 Å². The summed E-state index contributed by atoms with van der Waals surface area (Å²) in [6.07, 6.45) is 0.351. The van der Waals surface area contributed by atoms with Crippen molar-refractivity contribution in [3.05, 3.63) is 60.2 Å². The molecule has 0 unspecified atom stereocenters. The molecule has 3 aromatic rings. The molecule has 2 heterocycles. The van der Waals surface area contributed by atoms with Crippen molar-refractivity contribution < 1.29 is 13.6 Å². The minimum Gasteiger partial charge on any atom is -0.440 e. The van der Waals surface area contributed by atoms with Crippen LogP contribution in [0.15, 0.2) is 52.9 Å². The molecule has 1 aromatic heterocycles. The fourth-order valence-corrected chi connectivity index (χ4v) is 2.81. The molecular formula is C17H13FN2O2. The molecule has 4 rings (SSSR count). The van der Waals surface area contributed by atoms with Crippen molar-refractivity contribution in [2.75, 3.05) is 11.4 Å². The predicted octanol–water partition coefficient (Wildman–Crippen LogP) is 3.49. The number of benzene rings is 2. The van der Waals surface area contributed by atoms with Gasteiger partial charge in [0.15, 0.2) is 5.58 Å². The molecule has 1 atom stereocenters. The minimum absolute atomic E-state index is 0.00105. The van der Waals surface area contributed by atoms with Crippen LogP contribution in [0.2, 0.25) is 0 Å². The van der Waals surface area contributed by atoms with Gasteiger partial charge in [-0.05, 0) is 36.4 Å². The highest BCUT2D eigenvalue weighted by molar-refractivity contribution is 5.96. The fraction of sp³-hybridized carbons (Fsp3) is 0.176. The van der Waals surface area contributed by atoms with E-state index in [0.717, 1.165) is 11.1 Å². The molecule has 0 spiro atoms. The Balaban J connectivity index is 1.62. The van der Waals surface area contributed by atoms with Gasteiger partial charge in [0, 0.05) is 18.7 Å². The van der Waals surface area contributed by atoms with Crippen LogP contribution in [0, 0.1) is 5.82 Å². The maximum Gasteiger partial charge on any atom is 0.227 e. The second-order valence-corrected chi connectivity index (χ2v) is 5.40. The van der Waals surface area contributed by atoms with Gasteiger partial charge in [-0.3, -0.25) is 4.79 Å². The zero-order chi connectivity index (χ0) is 15.1. The van der Waals surface area contributed by atoms with Gasteiger partial charge in [-0.15, -0.1) is 0 Å². The maximum atomic E-state index is 13.0. The summed E-state index contributed by atoms with van der Waals surface area (Å²) < 4.78 is 18.8. The third-order valence-electron chi connectivity index (χ3n) is 3.92. The molecule has 0 saturated carbocycles. The summed E-state index contributed by atoms with van der Waals surface area (Å²) in [5.41, 5.74) is 2.22. The molecule has 2 aromatic carbocycles. The van der Waals surface area contributed by atoms with Gasteiger partial charge in [-0.2, -0.15) is 0 Å². The number of fused-ring (bicyclic) bond motifs is 1. The van der Waals surface area contributed by atoms with Crippen molar-refractivity contribution in [2.45, 2.75) is 12.3 Å². The minimum atomic E-state index is -0.314. The highest BCUT2D eigenvalue weighted by Crippen LogP contribution is 2.32. The first kappa shape index (κ1) is 13.0. The van der Waals surface area contributed by atoms with Crippen molar-refractivity contribution in [3.63, 3.8) is 0 Å². The van der Waals surface area contributed by atoms with E-state index in [0.29, 0.717) is 24.5 Å². The lowest BCUT2D eigenvalue weighted by atomic mass is 10.1. The summed E-state index contributed by atoms with van der Waals surface area (Å²) in [4.78, 5) is 18.3. The summed E-state index contributed by atoms with van der Waals surface area (Å²) in [6.45, 7) is 0.497. The highest BCUT2D eigenvalue weighted by atomic mass is 19.1. The summed E-state index contributed by atoms with van der Waals surface area (Å²) >= 11 is 0. The third-order valence-corrected chi connectivity index (χ3v) is 3.92. The molecule has 4 nitrogen and oxygen atoms in total. The summed E-state index contributed by atoms with van der Waals surface area (Å²) in [6, 6.07) is 13.5. The average Bonchev–Trinajstić information content (AvgIpc) is 3.11. The van der Waals surface area contributed by atoms with Crippen LogP contribution in [0.25, 0.3) is 11.1 Å². The summed E-state index contributed by atoms with van der Waals surface area (Å²) in [5, 5.41) is 0. The van der Waals surface area contributed by atoms with Crippen molar-refractivity contribution in [1.29, 1.82) is 0 Å². The molecule has 0 radical (unpaired) electrons. The largest absolute Gasteiger partial charge is 0.440 e. The zero-order valence-electron chi connectivity index (χ0n) is 11.7. The first-order valence-corrected chi connectivity index (χ1v) is 7.12. The Morgan fingerprint density at radius 3 is 2.68 bits per heavy atom. The highest BCUT2D eigenvalue weighted by Gasteiger charge is 2.34. The number of halogens is 1. The molecule has 0 N–H and O–H groups in total. The number of rotatable bonds is 2. The van der Waals surface area contributed by atoms with Gasteiger partial charge in [0.25, 0.3) is 0 Å². The van der Waals surface area contributed by atoms with Crippen molar-refractivity contribution in [2.24, 2.45) is 0 Å². The molecule has 1 fully saturated rings. The lowest BCUT2D eigenvalue weighted by Gasteiger charge is -2.15. The van der Waals surface area contributed by atoms with Gasteiger partial charge in [0.05, 0.1) is 5.92 Å². The Morgan fingerprint density at radius 1 is 1.14 bits per heavy atom. The van der Waals surface area contributed by atoms with Crippen LogP contribution in [0.1, 0.15) is 18.2 Å². The number of carbonyl (C=O) groups is 1. The molecule has 110 valence electrons. The first-order chi connectivity index (χ1) is 10.7. The number of para-hydroxylation sites is 2. The number of oxazole rings is 1. The molecule has 1 saturated heterocycles. The van der Waals surface area contributed by atoms with Crippen LogP contribution >= 0.6 is 0 Å². The number of aromatic nitrogens is 1. The van der Waals surface area contributed by atoms with Crippen LogP contribution in [0.3, 0.4) is 0 Å². The average molecular weight is 296 g/mol. The Labute approximate surface area is 126 Å². The van der Waals surface area contributed by atoms with Crippen molar-refractivity contribution in [3.8, 4) is 0 Å². The van der Waals surface area contributed by atoms with E-state index in [4.69, 9.17) is 4.42 Å². The van der Waals surface area contributed by atoms with Gasteiger partial charge in [0.1, 0.15) is 11.3 Å². The van der Waals surface area contributed by atoms with Gasteiger partial charge in [0.2, 0.25) is 11.8 Å². The van der Waals surface area contributed by atoms with Crippen molar-refractivity contribution in [1.82, 2.24) is 4.98 Å². The molecule has 22 heavy (non-hydrogen) atoms. The van der Waals surface area contributed by atoms with E-state index in [1.807, 2.05) is 24.3 Å². The first-order valence-electron chi connectivity index (χ1n) is 7.12. The Kier molecular flexibility index (Phi) is 2.92. The topological polar surface area (TPSA) is 46.3 Å². The smallest absolute Gasteiger partial charge is 0.227 e. The molecule has 1 aliphatic rings. The normalized spacial score (nSPS) is 18.3. The number of hydrogen-bond donors (Lipinski definition) is 0. The molecule has 0 bridgehead atoms. The van der Waals surface area contributed by atoms with E-state index < -0.39 is 0 Å². The van der Waals surface area contributed by atoms with E-state index in [9.17, 15) is 9.18 Å². The predicted molar refractivity (Wildman–Crippen MR) is 80.1 cm³/mol. The van der Waals surface area contributed by atoms with Crippen molar-refractivity contribution >= 4 is 22.7 Å². The van der Waals surface area contributed by atoms with Crippen LogP contribution in [-0.4, -0.2) is 17.4 Å². The number of nitrogens with zero attached hydrogens (tertiary/aromatic N) is 2.